The van der Waals surface area contributed by atoms with E-state index in [2.05, 4.69) is 20.6 Å². The zero-order valence-electron chi connectivity index (χ0n) is 19.3. The fraction of sp³-hybridized carbons (Fsp3) is 0.250. The summed E-state index contributed by atoms with van der Waals surface area (Å²) in [6.45, 7) is 5.44. The second kappa shape index (κ2) is 10.5. The molecule has 3 rings (SSSR count). The van der Waals surface area contributed by atoms with Crippen LogP contribution in [-0.2, 0) is 11.3 Å². The van der Waals surface area contributed by atoms with Crippen molar-refractivity contribution in [1.82, 2.24) is 9.97 Å². The number of phenols is 1. The summed E-state index contributed by atoms with van der Waals surface area (Å²) in [5.74, 6) is 0.679. The van der Waals surface area contributed by atoms with Crippen molar-refractivity contribution in [1.29, 1.82) is 0 Å². The minimum atomic E-state index is -0.649. The molecule has 10 nitrogen and oxygen atoms in total. The van der Waals surface area contributed by atoms with Crippen molar-refractivity contribution in [3.8, 4) is 17.2 Å². The van der Waals surface area contributed by atoms with Crippen molar-refractivity contribution in [3.05, 3.63) is 66.1 Å². The Morgan fingerprint density at radius 3 is 2.35 bits per heavy atom. The molecule has 2 amide bonds. The molecule has 0 aliphatic carbocycles. The van der Waals surface area contributed by atoms with Crippen LogP contribution in [0.4, 0.5) is 16.3 Å². The molecular weight excluding hydrogens is 440 g/mol. The highest BCUT2D eigenvalue weighted by molar-refractivity contribution is 6.05. The van der Waals surface area contributed by atoms with Crippen LogP contribution in [0.2, 0.25) is 0 Å². The summed E-state index contributed by atoms with van der Waals surface area (Å²) in [5.41, 5.74) is 0.435. The first-order valence-corrected chi connectivity index (χ1v) is 10.3. The van der Waals surface area contributed by atoms with Crippen LogP contribution >= 0.6 is 0 Å². The average molecular weight is 466 g/mol. The predicted octanol–water partition coefficient (Wildman–Crippen LogP) is 4.37. The highest BCUT2D eigenvalue weighted by Crippen LogP contribution is 2.29. The molecule has 0 aliphatic rings. The van der Waals surface area contributed by atoms with E-state index in [-0.39, 0.29) is 29.4 Å². The van der Waals surface area contributed by atoms with Crippen LogP contribution in [0.5, 0.6) is 17.2 Å². The molecule has 2 heterocycles. The zero-order chi connectivity index (χ0) is 24.7. The summed E-state index contributed by atoms with van der Waals surface area (Å²) >= 11 is 0. The molecule has 0 unspecified atom stereocenters. The number of amides is 2. The molecule has 0 bridgehead atoms. The van der Waals surface area contributed by atoms with Gasteiger partial charge in [-0.2, -0.15) is 0 Å². The smallest absolute Gasteiger partial charge is 0.413 e. The third-order valence-electron chi connectivity index (χ3n) is 4.29. The van der Waals surface area contributed by atoms with Gasteiger partial charge in [0.1, 0.15) is 35.3 Å². The van der Waals surface area contributed by atoms with Gasteiger partial charge in [0.15, 0.2) is 0 Å². The van der Waals surface area contributed by atoms with Gasteiger partial charge >= 0.3 is 6.09 Å². The summed E-state index contributed by atoms with van der Waals surface area (Å²) in [6.07, 6.45) is 2.24. The first-order valence-electron chi connectivity index (χ1n) is 10.3. The molecule has 34 heavy (non-hydrogen) atoms. The molecule has 1 aromatic carbocycles. The Bertz CT molecular complexity index is 1140. The van der Waals surface area contributed by atoms with Crippen molar-refractivity contribution >= 4 is 23.5 Å². The number of phenolic OH excluding ortho intramolecular Hbond substituents is 1. The summed E-state index contributed by atoms with van der Waals surface area (Å²) in [5, 5.41) is 15.2. The molecule has 0 spiro atoms. The Morgan fingerprint density at radius 1 is 0.971 bits per heavy atom. The molecule has 2 aromatic heterocycles. The summed E-state index contributed by atoms with van der Waals surface area (Å²) < 4.78 is 15.9. The van der Waals surface area contributed by atoms with Crippen molar-refractivity contribution in [2.75, 3.05) is 17.7 Å². The first-order chi connectivity index (χ1) is 16.1. The summed E-state index contributed by atoms with van der Waals surface area (Å²) in [7, 11) is 1.56. The monoisotopic (exact) mass is 466 g/mol. The van der Waals surface area contributed by atoms with Gasteiger partial charge in [-0.05, 0) is 57.2 Å². The van der Waals surface area contributed by atoms with E-state index >= 15 is 0 Å². The number of pyridine rings is 2. The van der Waals surface area contributed by atoms with Crippen molar-refractivity contribution in [3.63, 3.8) is 0 Å². The predicted molar refractivity (Wildman–Crippen MR) is 125 cm³/mol. The van der Waals surface area contributed by atoms with Crippen LogP contribution in [0.1, 0.15) is 36.8 Å². The molecule has 3 N–H and O–H groups in total. The molecule has 0 fully saturated rings. The van der Waals surface area contributed by atoms with E-state index in [0.29, 0.717) is 17.2 Å². The number of ether oxygens (including phenoxy) is 3. The second-order valence-corrected chi connectivity index (χ2v) is 8.17. The fourth-order valence-corrected chi connectivity index (χ4v) is 2.68. The third kappa shape index (κ3) is 7.09. The quantitative estimate of drug-likeness (QED) is 0.438. The molecule has 0 radical (unpaired) electrons. The number of hydrogen-bond acceptors (Lipinski definition) is 8. The highest BCUT2D eigenvalue weighted by Gasteiger charge is 2.17. The maximum absolute atomic E-state index is 12.6. The van der Waals surface area contributed by atoms with Crippen LogP contribution in [0.3, 0.4) is 0 Å². The van der Waals surface area contributed by atoms with Crippen molar-refractivity contribution in [2.24, 2.45) is 0 Å². The molecule has 0 atom stereocenters. The van der Waals surface area contributed by atoms with Gasteiger partial charge in [0, 0.05) is 12.3 Å². The van der Waals surface area contributed by atoms with Crippen LogP contribution in [0.15, 0.2) is 54.9 Å². The van der Waals surface area contributed by atoms with Crippen molar-refractivity contribution in [2.45, 2.75) is 33.0 Å². The van der Waals surface area contributed by atoms with Gasteiger partial charge in [-0.1, -0.05) is 0 Å². The average Bonchev–Trinajstić information content (AvgIpc) is 2.79. The highest BCUT2D eigenvalue weighted by atomic mass is 16.6. The van der Waals surface area contributed by atoms with Crippen LogP contribution < -0.4 is 20.1 Å². The summed E-state index contributed by atoms with van der Waals surface area (Å²) in [6, 6.07) is 11.0. The number of methoxy groups -OCH3 is 1. The Hall–Kier alpha value is -4.34. The SMILES string of the molecule is COc1ccc(COc2ccc(O)c(NC(=O)c3ccc(NC(=O)OC(C)(C)C)nc3)c2)nc1. The lowest BCUT2D eigenvalue weighted by molar-refractivity contribution is 0.0635. The lowest BCUT2D eigenvalue weighted by atomic mass is 10.2. The Kier molecular flexibility index (Phi) is 7.52. The molecule has 0 saturated carbocycles. The minimum absolute atomic E-state index is 0.126. The maximum atomic E-state index is 12.6. The number of aromatic nitrogens is 2. The van der Waals surface area contributed by atoms with Crippen LogP contribution in [-0.4, -0.2) is 39.8 Å². The number of carbonyl (C=O) groups is 2. The largest absolute Gasteiger partial charge is 0.506 e. The number of benzene rings is 1. The van der Waals surface area contributed by atoms with Crippen LogP contribution in [0.25, 0.3) is 0 Å². The zero-order valence-corrected chi connectivity index (χ0v) is 19.3. The Labute approximate surface area is 196 Å². The van der Waals surface area contributed by atoms with Gasteiger partial charge in [-0.15, -0.1) is 0 Å². The first kappa shape index (κ1) is 24.3. The number of nitrogens with one attached hydrogen (secondary N) is 2. The number of aromatic hydroxyl groups is 1. The van der Waals surface area contributed by atoms with Gasteiger partial charge in [-0.3, -0.25) is 15.1 Å². The van der Waals surface area contributed by atoms with E-state index in [1.807, 2.05) is 0 Å². The Morgan fingerprint density at radius 2 is 1.74 bits per heavy atom. The maximum Gasteiger partial charge on any atom is 0.413 e. The van der Waals surface area contributed by atoms with Gasteiger partial charge in [0.25, 0.3) is 5.91 Å². The molecule has 0 aliphatic heterocycles. The number of anilines is 2. The third-order valence-corrected chi connectivity index (χ3v) is 4.29. The molecular formula is C24H26N4O6. The normalized spacial score (nSPS) is 10.8. The van der Waals surface area contributed by atoms with Gasteiger partial charge in [0.05, 0.1) is 30.3 Å². The molecule has 0 saturated heterocycles. The van der Waals surface area contributed by atoms with E-state index in [1.54, 1.807) is 52.3 Å². The fourth-order valence-electron chi connectivity index (χ4n) is 2.68. The molecule has 3 aromatic rings. The standard InChI is InChI=1S/C24H26N4O6/c1-24(2,3)34-23(31)28-21-10-5-15(12-26-21)22(30)27-19-11-17(8-9-20(19)29)33-14-16-6-7-18(32-4)13-25-16/h5-13,29H,14H2,1-4H3,(H,27,30)(H,26,28,31). The van der Waals surface area contributed by atoms with Gasteiger partial charge in [-0.25, -0.2) is 9.78 Å². The Balaban J connectivity index is 1.60. The minimum Gasteiger partial charge on any atom is -0.506 e. The van der Waals surface area contributed by atoms with Crippen molar-refractivity contribution < 1.29 is 28.9 Å². The molecule has 178 valence electrons. The van der Waals surface area contributed by atoms with E-state index in [4.69, 9.17) is 14.2 Å². The summed E-state index contributed by atoms with van der Waals surface area (Å²) in [4.78, 5) is 32.7. The second-order valence-electron chi connectivity index (χ2n) is 8.17. The lowest BCUT2D eigenvalue weighted by Crippen LogP contribution is -2.27. The van der Waals surface area contributed by atoms with E-state index in [1.165, 1.54) is 30.5 Å². The number of nitrogens with zero attached hydrogens (tertiary/aromatic N) is 2. The van der Waals surface area contributed by atoms with Gasteiger partial charge in [0.2, 0.25) is 0 Å². The lowest BCUT2D eigenvalue weighted by Gasteiger charge is -2.19. The van der Waals surface area contributed by atoms with Gasteiger partial charge < -0.3 is 24.6 Å². The number of carbonyl (C=O) groups excluding carboxylic acids is 2. The van der Waals surface area contributed by atoms with E-state index in [9.17, 15) is 14.7 Å². The van der Waals surface area contributed by atoms with Crippen LogP contribution in [0, 0.1) is 0 Å². The van der Waals surface area contributed by atoms with E-state index < -0.39 is 17.6 Å². The topological polar surface area (TPSA) is 132 Å². The van der Waals surface area contributed by atoms with E-state index in [0.717, 1.165) is 0 Å². The number of rotatable bonds is 7. The number of hydrogen-bond donors (Lipinski definition) is 3. The molecule has 10 heteroatoms.